The summed E-state index contributed by atoms with van der Waals surface area (Å²) in [6.45, 7) is 5.69. The van der Waals surface area contributed by atoms with E-state index in [0.29, 0.717) is 6.54 Å². The smallest absolute Gasteiger partial charge is 0.239 e. The van der Waals surface area contributed by atoms with Gasteiger partial charge in [-0.1, -0.05) is 18.2 Å². The fraction of sp³-hybridized carbons (Fsp3) is 0.400. The second-order valence-electron chi connectivity index (χ2n) is 6.71. The summed E-state index contributed by atoms with van der Waals surface area (Å²) >= 11 is 0. The minimum atomic E-state index is -0.276. The molecule has 5 nitrogen and oxygen atoms in total. The molecule has 0 bridgehead atoms. The first-order chi connectivity index (χ1) is 12.5. The topological polar surface area (TPSA) is 39.7 Å². The SMILES string of the molecule is C[C@H](C(=O)N(C)Cc1cccc(F)c1)N1CCN(c2ccccn2)CC1. The van der Waals surface area contributed by atoms with Crippen LogP contribution in [0, 0.1) is 5.82 Å². The number of nitrogens with zero attached hydrogens (tertiary/aromatic N) is 4. The van der Waals surface area contributed by atoms with Gasteiger partial charge in [0.2, 0.25) is 5.91 Å². The average Bonchev–Trinajstić information content (AvgIpc) is 2.67. The Morgan fingerprint density at radius 2 is 1.96 bits per heavy atom. The molecule has 26 heavy (non-hydrogen) atoms. The molecule has 1 atom stereocenters. The molecule has 138 valence electrons. The van der Waals surface area contributed by atoms with E-state index in [-0.39, 0.29) is 17.8 Å². The molecule has 1 amide bonds. The largest absolute Gasteiger partial charge is 0.354 e. The molecule has 1 aliphatic heterocycles. The van der Waals surface area contributed by atoms with Crippen molar-refractivity contribution in [2.24, 2.45) is 0 Å². The molecule has 3 rings (SSSR count). The molecule has 1 aromatic carbocycles. The van der Waals surface area contributed by atoms with Crippen LogP contribution < -0.4 is 4.90 Å². The van der Waals surface area contributed by atoms with Crippen molar-refractivity contribution in [3.8, 4) is 0 Å². The molecular formula is C20H25FN4O. The van der Waals surface area contributed by atoms with Gasteiger partial charge < -0.3 is 9.80 Å². The lowest BCUT2D eigenvalue weighted by Gasteiger charge is -2.39. The number of pyridine rings is 1. The summed E-state index contributed by atoms with van der Waals surface area (Å²) < 4.78 is 13.3. The summed E-state index contributed by atoms with van der Waals surface area (Å²) in [5, 5.41) is 0. The van der Waals surface area contributed by atoms with Gasteiger partial charge in [-0.2, -0.15) is 0 Å². The van der Waals surface area contributed by atoms with Gasteiger partial charge in [-0.3, -0.25) is 9.69 Å². The summed E-state index contributed by atoms with van der Waals surface area (Å²) in [5.41, 5.74) is 0.799. The minimum Gasteiger partial charge on any atom is -0.354 e. The average molecular weight is 356 g/mol. The highest BCUT2D eigenvalue weighted by Gasteiger charge is 2.27. The Morgan fingerprint density at radius 1 is 1.19 bits per heavy atom. The first-order valence-corrected chi connectivity index (χ1v) is 8.94. The third-order valence-electron chi connectivity index (χ3n) is 4.88. The normalized spacial score (nSPS) is 16.3. The maximum atomic E-state index is 13.3. The molecule has 1 aliphatic rings. The van der Waals surface area contributed by atoms with Gasteiger partial charge in [-0.15, -0.1) is 0 Å². The Bertz CT molecular complexity index is 732. The lowest BCUT2D eigenvalue weighted by molar-refractivity contribution is -0.135. The third kappa shape index (κ3) is 4.38. The second-order valence-corrected chi connectivity index (χ2v) is 6.71. The fourth-order valence-corrected chi connectivity index (χ4v) is 3.34. The molecule has 0 spiro atoms. The van der Waals surface area contributed by atoms with Crippen LogP contribution in [0.5, 0.6) is 0 Å². The van der Waals surface area contributed by atoms with Crippen molar-refractivity contribution in [1.29, 1.82) is 0 Å². The van der Waals surface area contributed by atoms with Crippen molar-refractivity contribution in [2.45, 2.75) is 19.5 Å². The van der Waals surface area contributed by atoms with E-state index in [2.05, 4.69) is 14.8 Å². The number of halogens is 1. The standard InChI is InChI=1S/C20H25FN4O/c1-16(20(26)23(2)15-17-6-5-7-18(21)14-17)24-10-12-25(13-11-24)19-8-3-4-9-22-19/h3-9,14,16H,10-13,15H2,1-2H3/t16-/m1/s1. The molecule has 1 fully saturated rings. The number of hydrogen-bond acceptors (Lipinski definition) is 4. The second kappa shape index (κ2) is 8.27. The molecule has 0 N–H and O–H groups in total. The molecule has 2 aromatic rings. The van der Waals surface area contributed by atoms with E-state index in [9.17, 15) is 9.18 Å². The summed E-state index contributed by atoms with van der Waals surface area (Å²) in [6.07, 6.45) is 1.80. The van der Waals surface area contributed by atoms with Crippen LogP contribution in [0.3, 0.4) is 0 Å². The van der Waals surface area contributed by atoms with E-state index >= 15 is 0 Å². The molecular weight excluding hydrogens is 331 g/mol. The minimum absolute atomic E-state index is 0.0561. The molecule has 2 heterocycles. The number of anilines is 1. The zero-order chi connectivity index (χ0) is 18.5. The number of carbonyl (C=O) groups excluding carboxylic acids is 1. The lowest BCUT2D eigenvalue weighted by Crippen LogP contribution is -2.54. The van der Waals surface area contributed by atoms with Crippen LogP contribution in [0.1, 0.15) is 12.5 Å². The number of hydrogen-bond donors (Lipinski definition) is 0. The molecule has 0 unspecified atom stereocenters. The van der Waals surface area contributed by atoms with Crippen molar-refractivity contribution in [3.63, 3.8) is 0 Å². The Labute approximate surface area is 154 Å². The lowest BCUT2D eigenvalue weighted by atomic mass is 10.1. The van der Waals surface area contributed by atoms with Gasteiger partial charge in [0.05, 0.1) is 6.04 Å². The summed E-state index contributed by atoms with van der Waals surface area (Å²) in [6, 6.07) is 12.1. The third-order valence-corrected chi connectivity index (χ3v) is 4.88. The van der Waals surface area contributed by atoms with Crippen molar-refractivity contribution >= 4 is 11.7 Å². The van der Waals surface area contributed by atoms with Crippen molar-refractivity contribution < 1.29 is 9.18 Å². The maximum absolute atomic E-state index is 13.3. The number of piperazine rings is 1. The van der Waals surface area contributed by atoms with Gasteiger partial charge in [-0.05, 0) is 36.8 Å². The first kappa shape index (κ1) is 18.3. The zero-order valence-corrected chi connectivity index (χ0v) is 15.3. The van der Waals surface area contributed by atoms with Crippen LogP contribution in [-0.2, 0) is 11.3 Å². The highest BCUT2D eigenvalue weighted by Crippen LogP contribution is 2.15. The van der Waals surface area contributed by atoms with E-state index in [1.165, 1.54) is 12.1 Å². The van der Waals surface area contributed by atoms with Crippen LogP contribution in [-0.4, -0.2) is 60.0 Å². The molecule has 0 radical (unpaired) electrons. The Kier molecular flexibility index (Phi) is 5.83. The quantitative estimate of drug-likeness (QED) is 0.825. The van der Waals surface area contributed by atoms with Crippen LogP contribution in [0.2, 0.25) is 0 Å². The van der Waals surface area contributed by atoms with E-state index in [1.54, 1.807) is 24.2 Å². The number of likely N-dealkylation sites (N-methyl/N-ethyl adjacent to an activating group) is 1. The summed E-state index contributed by atoms with van der Waals surface area (Å²) in [7, 11) is 1.77. The van der Waals surface area contributed by atoms with Crippen molar-refractivity contribution in [2.75, 3.05) is 38.1 Å². The van der Waals surface area contributed by atoms with Gasteiger partial charge in [0, 0.05) is 46.0 Å². The van der Waals surface area contributed by atoms with Gasteiger partial charge >= 0.3 is 0 Å². The number of aromatic nitrogens is 1. The molecule has 1 saturated heterocycles. The van der Waals surface area contributed by atoms with Crippen LogP contribution in [0.15, 0.2) is 48.7 Å². The number of rotatable bonds is 5. The first-order valence-electron chi connectivity index (χ1n) is 8.94. The van der Waals surface area contributed by atoms with E-state index in [1.807, 2.05) is 31.2 Å². The molecule has 6 heteroatoms. The van der Waals surface area contributed by atoms with Crippen LogP contribution in [0.4, 0.5) is 10.2 Å². The Balaban J connectivity index is 1.54. The Morgan fingerprint density at radius 3 is 2.62 bits per heavy atom. The highest BCUT2D eigenvalue weighted by molar-refractivity contribution is 5.81. The van der Waals surface area contributed by atoms with Crippen molar-refractivity contribution in [3.05, 3.63) is 60.0 Å². The Hall–Kier alpha value is -2.47. The molecule has 0 aliphatic carbocycles. The van der Waals surface area contributed by atoms with Gasteiger partial charge in [-0.25, -0.2) is 9.37 Å². The zero-order valence-electron chi connectivity index (χ0n) is 15.3. The van der Waals surface area contributed by atoms with Gasteiger partial charge in [0.1, 0.15) is 11.6 Å². The highest BCUT2D eigenvalue weighted by atomic mass is 19.1. The van der Waals surface area contributed by atoms with E-state index in [0.717, 1.165) is 37.6 Å². The summed E-state index contributed by atoms with van der Waals surface area (Å²) in [5.74, 6) is 0.761. The molecule has 1 aromatic heterocycles. The number of carbonyl (C=O) groups is 1. The van der Waals surface area contributed by atoms with Crippen LogP contribution >= 0.6 is 0 Å². The maximum Gasteiger partial charge on any atom is 0.239 e. The molecule has 0 saturated carbocycles. The van der Waals surface area contributed by atoms with Gasteiger partial charge in [0.15, 0.2) is 0 Å². The van der Waals surface area contributed by atoms with E-state index < -0.39 is 0 Å². The van der Waals surface area contributed by atoms with E-state index in [4.69, 9.17) is 0 Å². The van der Waals surface area contributed by atoms with Gasteiger partial charge in [0.25, 0.3) is 0 Å². The van der Waals surface area contributed by atoms with Crippen molar-refractivity contribution in [1.82, 2.24) is 14.8 Å². The predicted octanol–water partition coefficient (Wildman–Crippen LogP) is 2.39. The number of amides is 1. The predicted molar refractivity (Wildman–Crippen MR) is 100 cm³/mol. The van der Waals surface area contributed by atoms with Crippen LogP contribution in [0.25, 0.3) is 0 Å². The summed E-state index contributed by atoms with van der Waals surface area (Å²) in [4.78, 5) is 23.2. The number of benzene rings is 1. The monoisotopic (exact) mass is 356 g/mol. The fourth-order valence-electron chi connectivity index (χ4n) is 3.34.